The second-order valence-electron chi connectivity index (χ2n) is 2.75. The second kappa shape index (κ2) is 4.56. The summed E-state index contributed by atoms with van der Waals surface area (Å²) in [5, 5.41) is -0.190. The first-order chi connectivity index (χ1) is 7.22. The summed E-state index contributed by atoms with van der Waals surface area (Å²) < 4.78 is 59.6. The van der Waals surface area contributed by atoms with Crippen LogP contribution in [0, 0.1) is 0 Å². The molecule has 1 aromatic rings. The minimum Gasteiger partial charge on any atom is -0.263 e. The van der Waals surface area contributed by atoms with E-state index in [9.17, 15) is 21.6 Å². The van der Waals surface area contributed by atoms with Crippen LogP contribution in [0.5, 0.6) is 0 Å². The Morgan fingerprint density at radius 3 is 2.56 bits per heavy atom. The Bertz CT molecular complexity index is 475. The number of sulfonamides is 1. The van der Waals surface area contributed by atoms with Crippen LogP contribution < -0.4 is 4.72 Å². The first-order valence-electron chi connectivity index (χ1n) is 3.88. The third-order valence-corrected chi connectivity index (χ3v) is 3.36. The van der Waals surface area contributed by atoms with Crippen LogP contribution in [0.25, 0.3) is 0 Å². The average Bonchev–Trinajstić information content (AvgIpc) is 2.14. The molecule has 0 spiro atoms. The average molecular weight is 275 g/mol. The van der Waals surface area contributed by atoms with Gasteiger partial charge in [0, 0.05) is 12.4 Å². The molecule has 0 aliphatic rings. The van der Waals surface area contributed by atoms with Gasteiger partial charge >= 0.3 is 6.18 Å². The largest absolute Gasteiger partial charge is 0.402 e. The zero-order valence-corrected chi connectivity index (χ0v) is 9.20. The van der Waals surface area contributed by atoms with Crippen molar-refractivity contribution in [3.05, 3.63) is 23.5 Å². The fourth-order valence-electron chi connectivity index (χ4n) is 0.815. The maximum Gasteiger partial charge on any atom is 0.402 e. The van der Waals surface area contributed by atoms with Crippen molar-refractivity contribution in [1.82, 2.24) is 9.71 Å². The van der Waals surface area contributed by atoms with Gasteiger partial charge in [-0.05, 0) is 6.07 Å². The third-order valence-electron chi connectivity index (χ3n) is 1.49. The monoisotopic (exact) mass is 274 g/mol. The lowest BCUT2D eigenvalue weighted by Gasteiger charge is -2.09. The van der Waals surface area contributed by atoms with Crippen molar-refractivity contribution in [1.29, 1.82) is 0 Å². The molecule has 0 atom stereocenters. The van der Waals surface area contributed by atoms with E-state index >= 15 is 0 Å². The number of nitrogens with zero attached hydrogens (tertiary/aromatic N) is 1. The Morgan fingerprint density at radius 2 is 2.06 bits per heavy atom. The van der Waals surface area contributed by atoms with Crippen molar-refractivity contribution < 1.29 is 21.6 Å². The summed E-state index contributed by atoms with van der Waals surface area (Å²) in [7, 11) is -4.29. The molecule has 1 rings (SSSR count). The van der Waals surface area contributed by atoms with Crippen LogP contribution in [0.2, 0.25) is 5.02 Å². The number of rotatable bonds is 3. The standard InChI is InChI=1S/C7H6ClF3N2O2S/c8-5-1-2-12-3-6(5)16(14,15)13-4-7(9,10)11/h1-3,13H,4H2. The molecule has 0 aliphatic carbocycles. The van der Waals surface area contributed by atoms with Crippen LogP contribution in [-0.2, 0) is 10.0 Å². The lowest BCUT2D eigenvalue weighted by Crippen LogP contribution is -2.33. The first-order valence-corrected chi connectivity index (χ1v) is 5.74. The molecule has 0 radical (unpaired) electrons. The predicted octanol–water partition coefficient (Wildman–Crippen LogP) is 1.58. The van der Waals surface area contributed by atoms with Crippen molar-refractivity contribution in [3.8, 4) is 0 Å². The number of alkyl halides is 3. The van der Waals surface area contributed by atoms with Crippen LogP contribution in [-0.4, -0.2) is 26.1 Å². The van der Waals surface area contributed by atoms with Crippen molar-refractivity contribution in [3.63, 3.8) is 0 Å². The van der Waals surface area contributed by atoms with Gasteiger partial charge in [-0.25, -0.2) is 13.1 Å². The van der Waals surface area contributed by atoms with E-state index in [1.807, 2.05) is 0 Å². The Morgan fingerprint density at radius 1 is 1.44 bits per heavy atom. The predicted molar refractivity (Wildman–Crippen MR) is 50.5 cm³/mol. The van der Waals surface area contributed by atoms with Gasteiger partial charge in [0.25, 0.3) is 0 Å². The molecule has 0 bridgehead atoms. The van der Waals surface area contributed by atoms with E-state index in [-0.39, 0.29) is 5.02 Å². The molecule has 0 fully saturated rings. The van der Waals surface area contributed by atoms with Gasteiger partial charge in [-0.3, -0.25) is 4.98 Å². The first kappa shape index (κ1) is 13.2. The highest BCUT2D eigenvalue weighted by molar-refractivity contribution is 7.89. The fourth-order valence-corrected chi connectivity index (χ4v) is 2.26. The molecule has 0 aromatic carbocycles. The highest BCUT2D eigenvalue weighted by Crippen LogP contribution is 2.20. The number of nitrogens with one attached hydrogen (secondary N) is 1. The normalized spacial score (nSPS) is 12.8. The summed E-state index contributed by atoms with van der Waals surface area (Å²) in [5.74, 6) is 0. The molecule has 1 heterocycles. The molecule has 1 N–H and O–H groups in total. The number of hydrogen-bond donors (Lipinski definition) is 1. The SMILES string of the molecule is O=S(=O)(NCC(F)(F)F)c1cnccc1Cl. The molecule has 0 aliphatic heterocycles. The van der Waals surface area contributed by atoms with E-state index in [1.54, 1.807) is 0 Å². The maximum atomic E-state index is 11.8. The molecule has 0 unspecified atom stereocenters. The Hall–Kier alpha value is -0.860. The number of hydrogen-bond acceptors (Lipinski definition) is 3. The zero-order chi connectivity index (χ0) is 12.4. The van der Waals surface area contributed by atoms with E-state index in [1.165, 1.54) is 17.0 Å². The summed E-state index contributed by atoms with van der Waals surface area (Å²) in [6.07, 6.45) is -2.52. The minimum absolute atomic E-state index is 0.190. The second-order valence-corrected chi connectivity index (χ2v) is 4.89. The lowest BCUT2D eigenvalue weighted by molar-refractivity contribution is -0.121. The van der Waals surface area contributed by atoms with Crippen molar-refractivity contribution in [2.24, 2.45) is 0 Å². The molecular weight excluding hydrogens is 269 g/mol. The molecule has 0 saturated carbocycles. The lowest BCUT2D eigenvalue weighted by atomic mass is 10.5. The molecule has 9 heteroatoms. The summed E-state index contributed by atoms with van der Waals surface area (Å²) in [6.45, 7) is -1.65. The van der Waals surface area contributed by atoms with E-state index < -0.39 is 27.6 Å². The van der Waals surface area contributed by atoms with Crippen molar-refractivity contribution >= 4 is 21.6 Å². The number of aromatic nitrogens is 1. The van der Waals surface area contributed by atoms with Gasteiger partial charge in [-0.15, -0.1) is 0 Å². The molecule has 16 heavy (non-hydrogen) atoms. The van der Waals surface area contributed by atoms with Gasteiger partial charge in [-0.1, -0.05) is 11.6 Å². The van der Waals surface area contributed by atoms with Gasteiger partial charge in [0.15, 0.2) is 0 Å². The van der Waals surface area contributed by atoms with Gasteiger partial charge in [0.05, 0.1) is 5.02 Å². The van der Waals surface area contributed by atoms with Gasteiger partial charge in [0.1, 0.15) is 11.4 Å². The summed E-state index contributed by atoms with van der Waals surface area (Å²) in [5.41, 5.74) is 0. The van der Waals surface area contributed by atoms with E-state index in [0.717, 1.165) is 6.20 Å². The zero-order valence-electron chi connectivity index (χ0n) is 7.62. The molecule has 0 saturated heterocycles. The molecule has 90 valence electrons. The van der Waals surface area contributed by atoms with Crippen molar-refractivity contribution in [2.75, 3.05) is 6.54 Å². The van der Waals surface area contributed by atoms with Crippen molar-refractivity contribution in [2.45, 2.75) is 11.1 Å². The Labute approximate surface area is 94.5 Å². The van der Waals surface area contributed by atoms with Crippen LogP contribution >= 0.6 is 11.6 Å². The Balaban J connectivity index is 2.92. The summed E-state index contributed by atoms with van der Waals surface area (Å²) in [4.78, 5) is 2.99. The topological polar surface area (TPSA) is 59.1 Å². The highest BCUT2D eigenvalue weighted by atomic mass is 35.5. The summed E-state index contributed by atoms with van der Waals surface area (Å²) in [6, 6.07) is 1.17. The van der Waals surface area contributed by atoms with E-state index in [4.69, 9.17) is 11.6 Å². The quantitative estimate of drug-likeness (QED) is 0.910. The van der Waals surface area contributed by atoms with E-state index in [2.05, 4.69) is 4.98 Å². The molecule has 0 amide bonds. The molecular formula is C7H6ClF3N2O2S. The summed E-state index contributed by atoms with van der Waals surface area (Å²) >= 11 is 5.52. The van der Waals surface area contributed by atoms with Crippen LogP contribution in [0.1, 0.15) is 0 Å². The van der Waals surface area contributed by atoms with E-state index in [0.29, 0.717) is 0 Å². The van der Waals surface area contributed by atoms with Gasteiger partial charge in [-0.2, -0.15) is 13.2 Å². The molecule has 4 nitrogen and oxygen atoms in total. The van der Waals surface area contributed by atoms with Gasteiger partial charge in [0.2, 0.25) is 10.0 Å². The smallest absolute Gasteiger partial charge is 0.263 e. The number of pyridine rings is 1. The van der Waals surface area contributed by atoms with Crippen LogP contribution in [0.15, 0.2) is 23.4 Å². The minimum atomic E-state index is -4.62. The van der Waals surface area contributed by atoms with Crippen LogP contribution in [0.4, 0.5) is 13.2 Å². The maximum absolute atomic E-state index is 11.8. The van der Waals surface area contributed by atoms with Gasteiger partial charge < -0.3 is 0 Å². The fraction of sp³-hybridized carbons (Fsp3) is 0.286. The Kier molecular flexibility index (Phi) is 3.76. The highest BCUT2D eigenvalue weighted by Gasteiger charge is 2.30. The third kappa shape index (κ3) is 3.62. The molecule has 1 aromatic heterocycles. The number of halogens is 4. The van der Waals surface area contributed by atoms with Crippen LogP contribution in [0.3, 0.4) is 0 Å².